The van der Waals surface area contributed by atoms with Crippen LogP contribution >= 0.6 is 11.8 Å². The second kappa shape index (κ2) is 9.08. The van der Waals surface area contributed by atoms with E-state index >= 15 is 0 Å². The number of carbonyl (C=O) groups excluding carboxylic acids is 1. The molecule has 0 radical (unpaired) electrons. The van der Waals surface area contributed by atoms with Crippen molar-refractivity contribution in [1.29, 1.82) is 0 Å². The van der Waals surface area contributed by atoms with Crippen molar-refractivity contribution in [3.8, 4) is 11.4 Å². The number of rotatable bonds is 6. The summed E-state index contributed by atoms with van der Waals surface area (Å²) in [5, 5.41) is 9.62. The molecule has 7 heteroatoms. The first kappa shape index (κ1) is 20.7. The van der Waals surface area contributed by atoms with Crippen molar-refractivity contribution in [2.75, 3.05) is 5.75 Å². The maximum atomic E-state index is 13.0. The van der Waals surface area contributed by atoms with E-state index in [4.69, 9.17) is 4.42 Å². The molecule has 0 spiro atoms. The van der Waals surface area contributed by atoms with Gasteiger partial charge in [-0.1, -0.05) is 42.1 Å². The first-order valence-electron chi connectivity index (χ1n) is 10.5. The smallest absolute Gasteiger partial charge is 0.233 e. The van der Waals surface area contributed by atoms with Crippen LogP contribution in [0.5, 0.6) is 0 Å². The average Bonchev–Trinajstić information content (AvgIpc) is 3.32. The number of piperidine rings is 1. The van der Waals surface area contributed by atoms with E-state index in [0.29, 0.717) is 24.4 Å². The Morgan fingerprint density at radius 2 is 1.87 bits per heavy atom. The Kier molecular flexibility index (Phi) is 6.27. The summed E-state index contributed by atoms with van der Waals surface area (Å²) in [7, 11) is 0. The van der Waals surface area contributed by atoms with Gasteiger partial charge in [0.15, 0.2) is 11.0 Å². The van der Waals surface area contributed by atoms with Crippen LogP contribution in [0.1, 0.15) is 44.4 Å². The molecule has 1 aliphatic rings. The van der Waals surface area contributed by atoms with Crippen LogP contribution in [0.2, 0.25) is 0 Å². The molecule has 2 unspecified atom stereocenters. The third-order valence-corrected chi connectivity index (χ3v) is 6.76. The predicted octanol–water partition coefficient (Wildman–Crippen LogP) is 4.78. The predicted molar refractivity (Wildman–Crippen MR) is 118 cm³/mol. The highest BCUT2D eigenvalue weighted by atomic mass is 32.2. The van der Waals surface area contributed by atoms with Gasteiger partial charge in [-0.3, -0.25) is 9.36 Å². The Balaban J connectivity index is 1.57. The van der Waals surface area contributed by atoms with Gasteiger partial charge in [-0.2, -0.15) is 0 Å². The van der Waals surface area contributed by atoms with Gasteiger partial charge in [-0.15, -0.1) is 10.2 Å². The molecule has 3 aromatic rings. The summed E-state index contributed by atoms with van der Waals surface area (Å²) in [5.74, 6) is 2.11. The number of hydrogen-bond donors (Lipinski definition) is 0. The van der Waals surface area contributed by atoms with Gasteiger partial charge in [0.25, 0.3) is 0 Å². The van der Waals surface area contributed by atoms with Crippen LogP contribution in [0.15, 0.2) is 52.2 Å². The summed E-state index contributed by atoms with van der Waals surface area (Å²) in [6.45, 7) is 6.86. The van der Waals surface area contributed by atoms with Crippen LogP contribution in [-0.2, 0) is 11.3 Å². The molecule has 1 amide bonds. The summed E-state index contributed by atoms with van der Waals surface area (Å²) >= 11 is 1.46. The van der Waals surface area contributed by atoms with Gasteiger partial charge in [0.2, 0.25) is 5.91 Å². The Labute approximate surface area is 181 Å². The Hall–Kier alpha value is -2.54. The zero-order chi connectivity index (χ0) is 21.1. The lowest BCUT2D eigenvalue weighted by Crippen LogP contribution is -2.48. The quantitative estimate of drug-likeness (QED) is 0.533. The van der Waals surface area contributed by atoms with E-state index in [-0.39, 0.29) is 5.91 Å². The highest BCUT2D eigenvalue weighted by Crippen LogP contribution is 2.29. The van der Waals surface area contributed by atoms with E-state index in [2.05, 4.69) is 45.6 Å². The molecule has 2 aromatic heterocycles. The number of amides is 1. The molecular formula is C23H28N4O2S. The third kappa shape index (κ3) is 4.31. The van der Waals surface area contributed by atoms with Gasteiger partial charge < -0.3 is 9.32 Å². The molecule has 1 aliphatic heterocycles. The second-order valence-corrected chi connectivity index (χ2v) is 8.93. The molecule has 1 aromatic carbocycles. The number of thioether (sulfide) groups is 1. The van der Waals surface area contributed by atoms with Crippen LogP contribution in [-0.4, -0.2) is 43.4 Å². The minimum Gasteiger partial charge on any atom is -0.469 e. The molecule has 158 valence electrons. The topological polar surface area (TPSA) is 64.2 Å². The van der Waals surface area contributed by atoms with Crippen molar-refractivity contribution < 1.29 is 9.21 Å². The fraction of sp³-hybridized carbons (Fsp3) is 0.435. The Bertz CT molecular complexity index is 988. The molecule has 0 bridgehead atoms. The van der Waals surface area contributed by atoms with Gasteiger partial charge in [-0.05, 0) is 51.7 Å². The van der Waals surface area contributed by atoms with Gasteiger partial charge in [0.1, 0.15) is 5.76 Å². The van der Waals surface area contributed by atoms with E-state index < -0.39 is 0 Å². The molecule has 30 heavy (non-hydrogen) atoms. The summed E-state index contributed by atoms with van der Waals surface area (Å²) in [5.41, 5.74) is 2.08. The first-order valence-corrected chi connectivity index (χ1v) is 11.5. The fourth-order valence-electron chi connectivity index (χ4n) is 4.23. The van der Waals surface area contributed by atoms with Crippen molar-refractivity contribution >= 4 is 17.7 Å². The number of carbonyl (C=O) groups is 1. The zero-order valence-corrected chi connectivity index (χ0v) is 18.6. The van der Waals surface area contributed by atoms with E-state index in [1.54, 1.807) is 6.26 Å². The van der Waals surface area contributed by atoms with Crippen molar-refractivity contribution in [2.45, 2.75) is 63.8 Å². The average molecular weight is 425 g/mol. The van der Waals surface area contributed by atoms with Gasteiger partial charge in [0.05, 0.1) is 24.1 Å². The van der Waals surface area contributed by atoms with Gasteiger partial charge >= 0.3 is 0 Å². The first-order chi connectivity index (χ1) is 14.5. The minimum atomic E-state index is 0.176. The molecule has 0 aliphatic carbocycles. The molecule has 2 atom stereocenters. The molecular weight excluding hydrogens is 396 g/mol. The SMILES string of the molecule is Cc1occc1-c1nnc(SCC(=O)N2C(C)CCCC2C)n1Cc1ccccc1. The molecule has 6 nitrogen and oxygen atoms in total. The lowest BCUT2D eigenvalue weighted by molar-refractivity contribution is -0.134. The highest BCUT2D eigenvalue weighted by Gasteiger charge is 2.29. The monoisotopic (exact) mass is 424 g/mol. The summed E-state index contributed by atoms with van der Waals surface area (Å²) in [4.78, 5) is 15.0. The molecule has 4 rings (SSSR count). The van der Waals surface area contributed by atoms with E-state index in [0.717, 1.165) is 40.7 Å². The number of furan rings is 1. The molecule has 3 heterocycles. The Morgan fingerprint density at radius 1 is 1.13 bits per heavy atom. The number of aromatic nitrogens is 3. The van der Waals surface area contributed by atoms with Gasteiger partial charge in [0, 0.05) is 12.1 Å². The van der Waals surface area contributed by atoms with Crippen LogP contribution in [0.25, 0.3) is 11.4 Å². The normalized spacial score (nSPS) is 19.2. The second-order valence-electron chi connectivity index (χ2n) is 7.99. The number of benzene rings is 1. The van der Waals surface area contributed by atoms with Crippen LogP contribution in [0.3, 0.4) is 0 Å². The maximum absolute atomic E-state index is 13.0. The van der Waals surface area contributed by atoms with Crippen molar-refractivity contribution in [3.05, 3.63) is 54.0 Å². The molecule has 0 N–H and O–H groups in total. The van der Waals surface area contributed by atoms with Crippen LogP contribution in [0.4, 0.5) is 0 Å². The molecule has 1 fully saturated rings. The lowest BCUT2D eigenvalue weighted by atomic mass is 9.98. The van der Waals surface area contributed by atoms with Crippen molar-refractivity contribution in [1.82, 2.24) is 19.7 Å². The standard InChI is InChI=1S/C23H28N4O2S/c1-16-8-7-9-17(2)27(16)21(28)15-30-23-25-24-22(20-12-13-29-18(20)3)26(23)14-19-10-5-4-6-11-19/h4-6,10-13,16-17H,7-9,14-15H2,1-3H3. The summed E-state index contributed by atoms with van der Waals surface area (Å²) < 4.78 is 7.56. The summed E-state index contributed by atoms with van der Waals surface area (Å²) in [6, 6.07) is 12.7. The third-order valence-electron chi connectivity index (χ3n) is 5.81. The van der Waals surface area contributed by atoms with Gasteiger partial charge in [-0.25, -0.2) is 0 Å². The van der Waals surface area contributed by atoms with E-state index in [1.807, 2.05) is 31.2 Å². The van der Waals surface area contributed by atoms with Crippen LogP contribution < -0.4 is 0 Å². The fourth-order valence-corrected chi connectivity index (χ4v) is 5.04. The lowest BCUT2D eigenvalue weighted by Gasteiger charge is -2.39. The maximum Gasteiger partial charge on any atom is 0.233 e. The van der Waals surface area contributed by atoms with Crippen LogP contribution in [0, 0.1) is 6.92 Å². The zero-order valence-electron chi connectivity index (χ0n) is 17.7. The highest BCUT2D eigenvalue weighted by molar-refractivity contribution is 7.99. The minimum absolute atomic E-state index is 0.176. The Morgan fingerprint density at radius 3 is 2.53 bits per heavy atom. The van der Waals surface area contributed by atoms with Crippen molar-refractivity contribution in [3.63, 3.8) is 0 Å². The molecule has 1 saturated heterocycles. The van der Waals surface area contributed by atoms with E-state index in [9.17, 15) is 4.79 Å². The number of likely N-dealkylation sites (tertiary alicyclic amines) is 1. The van der Waals surface area contributed by atoms with Crippen molar-refractivity contribution in [2.24, 2.45) is 0 Å². The number of nitrogens with zero attached hydrogens (tertiary/aromatic N) is 4. The molecule has 0 saturated carbocycles. The summed E-state index contributed by atoms with van der Waals surface area (Å²) in [6.07, 6.45) is 5.02. The van der Waals surface area contributed by atoms with E-state index in [1.165, 1.54) is 18.2 Å². The largest absolute Gasteiger partial charge is 0.469 e. The number of hydrogen-bond acceptors (Lipinski definition) is 5. The number of aryl methyl sites for hydroxylation is 1.